The van der Waals surface area contributed by atoms with Crippen LogP contribution in [-0.4, -0.2) is 40.8 Å². The molecule has 6 heteroatoms. The van der Waals surface area contributed by atoms with E-state index in [-0.39, 0.29) is 11.7 Å². The molecule has 1 saturated heterocycles. The summed E-state index contributed by atoms with van der Waals surface area (Å²) in [6.07, 6.45) is 0.192. The van der Waals surface area contributed by atoms with Crippen LogP contribution in [0.3, 0.4) is 0 Å². The van der Waals surface area contributed by atoms with E-state index >= 15 is 0 Å². The van der Waals surface area contributed by atoms with Gasteiger partial charge in [0.05, 0.1) is 5.56 Å². The van der Waals surface area contributed by atoms with Gasteiger partial charge in [0, 0.05) is 13.0 Å². The monoisotopic (exact) mass is 251 g/mol. The van der Waals surface area contributed by atoms with Gasteiger partial charge in [-0.05, 0) is 24.3 Å². The van der Waals surface area contributed by atoms with E-state index in [0.29, 0.717) is 18.7 Å². The molecule has 0 spiro atoms. The van der Waals surface area contributed by atoms with Crippen molar-refractivity contribution >= 4 is 11.9 Å². The molecule has 0 saturated carbocycles. The van der Waals surface area contributed by atoms with E-state index in [1.807, 2.05) is 0 Å². The molecule has 1 unspecified atom stereocenters. The molecule has 0 bridgehead atoms. The minimum atomic E-state index is -0.991. The number of aliphatic carboxylic acids is 1. The number of rotatable bonds is 4. The second-order valence-corrected chi connectivity index (χ2v) is 4.10. The highest BCUT2D eigenvalue weighted by atomic mass is 16.5. The molecule has 3 N–H and O–H groups in total. The molecule has 0 radical (unpaired) electrons. The number of carboxylic acid groups (broad SMARTS) is 2. The Morgan fingerprint density at radius 2 is 1.89 bits per heavy atom. The van der Waals surface area contributed by atoms with E-state index in [9.17, 15) is 9.59 Å². The molecule has 1 aliphatic rings. The second kappa shape index (κ2) is 5.05. The maximum Gasteiger partial charge on any atom is 0.335 e. The van der Waals surface area contributed by atoms with Gasteiger partial charge in [-0.25, -0.2) is 4.79 Å². The predicted octanol–water partition coefficient (Wildman–Crippen LogP) is 0.579. The number of nitrogens with one attached hydrogen (secondary N) is 1. The van der Waals surface area contributed by atoms with Gasteiger partial charge in [0.1, 0.15) is 17.9 Å². The van der Waals surface area contributed by atoms with E-state index in [1.165, 1.54) is 12.1 Å². The van der Waals surface area contributed by atoms with Crippen molar-refractivity contribution in [2.45, 2.75) is 18.6 Å². The van der Waals surface area contributed by atoms with Crippen LogP contribution >= 0.6 is 0 Å². The third kappa shape index (κ3) is 2.78. The largest absolute Gasteiger partial charge is 0.489 e. The molecule has 0 amide bonds. The average Bonchev–Trinajstić information content (AvgIpc) is 2.78. The smallest absolute Gasteiger partial charge is 0.335 e. The van der Waals surface area contributed by atoms with Crippen LogP contribution in [0.4, 0.5) is 0 Å². The fourth-order valence-corrected chi connectivity index (χ4v) is 1.85. The van der Waals surface area contributed by atoms with E-state index in [0.717, 1.165) is 0 Å². The fraction of sp³-hybridized carbons (Fsp3) is 0.333. The summed E-state index contributed by atoms with van der Waals surface area (Å²) in [6.45, 7) is 0.470. The topological polar surface area (TPSA) is 95.9 Å². The summed E-state index contributed by atoms with van der Waals surface area (Å²) in [4.78, 5) is 21.4. The molecule has 96 valence electrons. The first-order chi connectivity index (χ1) is 8.56. The Hall–Kier alpha value is -2.08. The van der Waals surface area contributed by atoms with Gasteiger partial charge in [0.2, 0.25) is 0 Å². The van der Waals surface area contributed by atoms with Gasteiger partial charge in [-0.3, -0.25) is 4.79 Å². The quantitative estimate of drug-likeness (QED) is 0.724. The number of benzene rings is 1. The first-order valence-electron chi connectivity index (χ1n) is 5.52. The maximum absolute atomic E-state index is 10.7. The summed E-state index contributed by atoms with van der Waals surface area (Å²) in [5, 5.41) is 20.4. The summed E-state index contributed by atoms with van der Waals surface area (Å²) in [5.41, 5.74) is 0.190. The van der Waals surface area contributed by atoms with Crippen LogP contribution in [0.1, 0.15) is 16.8 Å². The fourth-order valence-electron chi connectivity index (χ4n) is 1.85. The number of ether oxygens (including phenoxy) is 1. The van der Waals surface area contributed by atoms with Crippen LogP contribution < -0.4 is 10.1 Å². The van der Waals surface area contributed by atoms with Gasteiger partial charge >= 0.3 is 11.9 Å². The first kappa shape index (κ1) is 12.4. The van der Waals surface area contributed by atoms with Crippen molar-refractivity contribution in [2.24, 2.45) is 0 Å². The van der Waals surface area contributed by atoms with E-state index in [4.69, 9.17) is 14.9 Å². The number of hydrogen-bond donors (Lipinski definition) is 3. The highest BCUT2D eigenvalue weighted by Crippen LogP contribution is 2.18. The van der Waals surface area contributed by atoms with Crippen LogP contribution in [0.25, 0.3) is 0 Å². The molecule has 1 heterocycles. The van der Waals surface area contributed by atoms with Gasteiger partial charge in [0.15, 0.2) is 0 Å². The van der Waals surface area contributed by atoms with Crippen molar-refractivity contribution < 1.29 is 24.5 Å². The molecular formula is C12H13NO5. The number of carbonyl (C=O) groups is 2. The van der Waals surface area contributed by atoms with Gasteiger partial charge in [-0.15, -0.1) is 0 Å². The molecule has 1 aliphatic heterocycles. The lowest BCUT2D eigenvalue weighted by Gasteiger charge is -2.12. The molecular weight excluding hydrogens is 238 g/mol. The van der Waals surface area contributed by atoms with E-state index in [1.54, 1.807) is 12.1 Å². The lowest BCUT2D eigenvalue weighted by molar-refractivity contribution is -0.139. The Morgan fingerprint density at radius 1 is 1.22 bits per heavy atom. The third-order valence-corrected chi connectivity index (χ3v) is 2.79. The Kier molecular flexibility index (Phi) is 3.47. The Balaban J connectivity index is 1.94. The highest BCUT2D eigenvalue weighted by molar-refractivity contribution is 5.87. The maximum atomic E-state index is 10.7. The lowest BCUT2D eigenvalue weighted by Crippen LogP contribution is -2.30. The lowest BCUT2D eigenvalue weighted by atomic mass is 10.2. The standard InChI is InChI=1S/C12H13NO5/c14-11(15)7-1-3-8(4-2-7)18-9-5-10(12(16)17)13-6-9/h1-4,9-10,13H,5-6H2,(H,14,15)(H,16,17)/t9-,10?/m0/s1. The first-order valence-corrected chi connectivity index (χ1v) is 5.52. The molecule has 1 aromatic carbocycles. The predicted molar refractivity (Wildman–Crippen MR) is 61.9 cm³/mol. The number of hydrogen-bond acceptors (Lipinski definition) is 4. The van der Waals surface area contributed by atoms with Crippen molar-refractivity contribution in [3.8, 4) is 5.75 Å². The third-order valence-electron chi connectivity index (χ3n) is 2.79. The molecule has 18 heavy (non-hydrogen) atoms. The zero-order chi connectivity index (χ0) is 13.1. The second-order valence-electron chi connectivity index (χ2n) is 4.10. The van der Waals surface area contributed by atoms with Crippen LogP contribution in [0.5, 0.6) is 5.75 Å². The number of aromatic carboxylic acids is 1. The van der Waals surface area contributed by atoms with Crippen molar-refractivity contribution in [1.82, 2.24) is 5.32 Å². The zero-order valence-electron chi connectivity index (χ0n) is 9.50. The van der Waals surface area contributed by atoms with Crippen molar-refractivity contribution in [2.75, 3.05) is 6.54 Å². The van der Waals surface area contributed by atoms with Gasteiger partial charge in [0.25, 0.3) is 0 Å². The normalized spacial score (nSPS) is 22.7. The average molecular weight is 251 g/mol. The van der Waals surface area contributed by atoms with Gasteiger partial charge in [-0.2, -0.15) is 0 Å². The van der Waals surface area contributed by atoms with Gasteiger partial charge < -0.3 is 20.3 Å². The van der Waals surface area contributed by atoms with Crippen LogP contribution in [0.2, 0.25) is 0 Å². The Morgan fingerprint density at radius 3 is 2.39 bits per heavy atom. The molecule has 6 nitrogen and oxygen atoms in total. The zero-order valence-corrected chi connectivity index (χ0v) is 9.50. The molecule has 2 atom stereocenters. The molecule has 2 rings (SSSR count). The van der Waals surface area contributed by atoms with Crippen LogP contribution in [0.15, 0.2) is 24.3 Å². The molecule has 0 aliphatic carbocycles. The molecule has 0 aromatic heterocycles. The van der Waals surface area contributed by atoms with Crippen molar-refractivity contribution in [1.29, 1.82) is 0 Å². The van der Waals surface area contributed by atoms with Gasteiger partial charge in [-0.1, -0.05) is 0 Å². The summed E-state index contributed by atoms with van der Waals surface area (Å²) >= 11 is 0. The summed E-state index contributed by atoms with van der Waals surface area (Å²) in [5.74, 6) is -1.34. The van der Waals surface area contributed by atoms with E-state index < -0.39 is 18.0 Å². The van der Waals surface area contributed by atoms with Crippen molar-refractivity contribution in [3.05, 3.63) is 29.8 Å². The minimum Gasteiger partial charge on any atom is -0.489 e. The summed E-state index contributed by atoms with van der Waals surface area (Å²) < 4.78 is 5.57. The summed E-state index contributed by atoms with van der Waals surface area (Å²) in [6, 6.07) is 5.46. The Labute approximate surface area is 103 Å². The SMILES string of the molecule is O=C(O)c1ccc(O[C@@H]2CNC(C(=O)O)C2)cc1. The molecule has 1 aromatic rings. The van der Waals surface area contributed by atoms with E-state index in [2.05, 4.69) is 5.32 Å². The number of carboxylic acids is 2. The Bertz CT molecular complexity index is 456. The van der Waals surface area contributed by atoms with Crippen molar-refractivity contribution in [3.63, 3.8) is 0 Å². The van der Waals surface area contributed by atoms with Crippen LogP contribution in [-0.2, 0) is 4.79 Å². The highest BCUT2D eigenvalue weighted by Gasteiger charge is 2.30. The minimum absolute atomic E-state index is 0.190. The summed E-state index contributed by atoms with van der Waals surface area (Å²) in [7, 11) is 0. The molecule has 1 fully saturated rings. The van der Waals surface area contributed by atoms with Crippen LogP contribution in [0, 0.1) is 0 Å².